The van der Waals surface area contributed by atoms with E-state index in [0.29, 0.717) is 56.7 Å². The summed E-state index contributed by atoms with van der Waals surface area (Å²) in [5, 5.41) is 0. The van der Waals surface area contributed by atoms with Crippen molar-refractivity contribution in [3.63, 3.8) is 0 Å². The van der Waals surface area contributed by atoms with E-state index >= 15 is 0 Å². The Bertz CT molecular complexity index is 1570. The third-order valence-electron chi connectivity index (χ3n) is 5.88. The van der Waals surface area contributed by atoms with Gasteiger partial charge in [0, 0.05) is 11.8 Å². The quantitative estimate of drug-likeness (QED) is 0.355. The van der Waals surface area contributed by atoms with Crippen LogP contribution in [0.15, 0.2) is 58.0 Å². The van der Waals surface area contributed by atoms with Crippen molar-refractivity contribution in [2.45, 2.75) is 39.8 Å². The van der Waals surface area contributed by atoms with Gasteiger partial charge in [-0.05, 0) is 57.5 Å². The van der Waals surface area contributed by atoms with Gasteiger partial charge in [0.2, 0.25) is 0 Å². The minimum absolute atomic E-state index is 0.100. The van der Waals surface area contributed by atoms with E-state index in [1.54, 1.807) is 31.4 Å². The lowest BCUT2D eigenvalue weighted by Crippen LogP contribution is -2.39. The first kappa shape index (κ1) is 28.0. The summed E-state index contributed by atoms with van der Waals surface area (Å²) in [6.07, 6.45) is 3.12. The van der Waals surface area contributed by atoms with Crippen LogP contribution in [0, 0.1) is 0 Å². The fourth-order valence-electron chi connectivity index (χ4n) is 4.30. The van der Waals surface area contributed by atoms with Crippen molar-refractivity contribution < 1.29 is 28.5 Å². The number of aromatic nitrogens is 1. The molecule has 2 heterocycles. The molecule has 0 fully saturated rings. The van der Waals surface area contributed by atoms with E-state index in [0.717, 1.165) is 0 Å². The molecule has 0 radical (unpaired) electrons. The fraction of sp³-hybridized carbons (Fsp3) is 0.345. The molecule has 206 valence electrons. The van der Waals surface area contributed by atoms with Crippen molar-refractivity contribution in [3.8, 4) is 23.0 Å². The summed E-state index contributed by atoms with van der Waals surface area (Å²) in [5.74, 6) is 1.63. The van der Waals surface area contributed by atoms with Gasteiger partial charge in [-0.2, -0.15) is 0 Å². The number of hydrogen-bond donors (Lipinski definition) is 0. The number of esters is 1. The monoisotopic (exact) mass is 552 g/mol. The highest BCUT2D eigenvalue weighted by molar-refractivity contribution is 7.07. The van der Waals surface area contributed by atoms with Crippen LogP contribution >= 0.6 is 11.3 Å². The number of carbonyl (C=O) groups is 1. The number of para-hydroxylation sites is 1. The van der Waals surface area contributed by atoms with E-state index in [9.17, 15) is 9.59 Å². The van der Waals surface area contributed by atoms with Crippen molar-refractivity contribution in [1.29, 1.82) is 0 Å². The minimum atomic E-state index is -0.776. The van der Waals surface area contributed by atoms with Crippen molar-refractivity contribution in [2.75, 3.05) is 27.4 Å². The van der Waals surface area contributed by atoms with Crippen LogP contribution in [-0.2, 0) is 9.53 Å². The van der Waals surface area contributed by atoms with Gasteiger partial charge in [0.05, 0.1) is 49.7 Å². The van der Waals surface area contributed by atoms with Gasteiger partial charge in [0.1, 0.15) is 0 Å². The lowest BCUT2D eigenvalue weighted by molar-refractivity contribution is -0.136. The summed E-state index contributed by atoms with van der Waals surface area (Å²) in [5.41, 5.74) is 1.28. The van der Waals surface area contributed by atoms with Gasteiger partial charge >= 0.3 is 5.97 Å². The van der Waals surface area contributed by atoms with E-state index in [1.807, 2.05) is 45.9 Å². The number of ether oxygens (including phenoxy) is 5. The maximum atomic E-state index is 13.9. The number of carbonyl (C=O) groups excluding carboxylic acids is 1. The van der Waals surface area contributed by atoms with Crippen LogP contribution in [0.2, 0.25) is 0 Å². The van der Waals surface area contributed by atoms with Crippen LogP contribution in [0.3, 0.4) is 0 Å². The summed E-state index contributed by atoms with van der Waals surface area (Å²) in [7, 11) is 2.87. The smallest absolute Gasteiger partial charge is 0.337 e. The molecule has 3 aromatic rings. The molecule has 10 heteroatoms. The van der Waals surface area contributed by atoms with Crippen molar-refractivity contribution in [2.24, 2.45) is 4.99 Å². The zero-order valence-corrected chi connectivity index (χ0v) is 23.7. The van der Waals surface area contributed by atoms with E-state index in [-0.39, 0.29) is 17.2 Å². The standard InChI is InChI=1S/C29H32N2O7S/c1-7-36-21-13-12-18(14-23(21)37-8-2)25-20(28(33)35-6)16-30-29-31(25)27(32)24(39-29)15-19-10-9-11-22(34-5)26(19)38-17(3)4/h9-17,25H,7-8H2,1-6H3/b24-15+/t25-/m1/s1. The predicted molar refractivity (Wildman–Crippen MR) is 149 cm³/mol. The van der Waals surface area contributed by atoms with Crippen molar-refractivity contribution in [3.05, 3.63) is 79.0 Å². The number of fused-ring (bicyclic) bond motifs is 1. The molecule has 39 heavy (non-hydrogen) atoms. The molecule has 0 saturated heterocycles. The molecule has 0 spiro atoms. The van der Waals surface area contributed by atoms with E-state index < -0.39 is 12.0 Å². The average Bonchev–Trinajstić information content (AvgIpc) is 3.24. The van der Waals surface area contributed by atoms with Crippen LogP contribution in [0.4, 0.5) is 0 Å². The first-order valence-corrected chi connectivity index (χ1v) is 13.5. The highest BCUT2D eigenvalue weighted by Crippen LogP contribution is 2.35. The molecule has 1 atom stereocenters. The van der Waals surface area contributed by atoms with E-state index in [2.05, 4.69) is 4.99 Å². The summed E-state index contributed by atoms with van der Waals surface area (Å²) in [6, 6.07) is 10.1. The van der Waals surface area contributed by atoms with Crippen LogP contribution in [0.5, 0.6) is 23.0 Å². The third-order valence-corrected chi connectivity index (χ3v) is 6.87. The van der Waals surface area contributed by atoms with Crippen molar-refractivity contribution >= 4 is 23.4 Å². The van der Waals surface area contributed by atoms with E-state index in [1.165, 1.54) is 29.2 Å². The number of benzene rings is 2. The van der Waals surface area contributed by atoms with Gasteiger partial charge < -0.3 is 23.7 Å². The summed E-state index contributed by atoms with van der Waals surface area (Å²) in [6.45, 7) is 8.50. The second-order valence-corrected chi connectivity index (χ2v) is 9.80. The average molecular weight is 553 g/mol. The molecule has 0 bridgehead atoms. The molecule has 0 N–H and O–H groups in total. The Balaban J connectivity index is 1.92. The Morgan fingerprint density at radius 2 is 1.82 bits per heavy atom. The van der Waals surface area contributed by atoms with Gasteiger partial charge in [-0.15, -0.1) is 0 Å². The number of methoxy groups -OCH3 is 2. The first-order chi connectivity index (χ1) is 18.8. The molecule has 1 aromatic heterocycles. The summed E-state index contributed by atoms with van der Waals surface area (Å²) >= 11 is 1.22. The molecular weight excluding hydrogens is 520 g/mol. The number of rotatable bonds is 10. The molecule has 0 saturated carbocycles. The Labute approximate surface area is 230 Å². The van der Waals surface area contributed by atoms with Gasteiger partial charge in [-0.1, -0.05) is 29.5 Å². The summed E-state index contributed by atoms with van der Waals surface area (Å²) < 4.78 is 30.0. The lowest BCUT2D eigenvalue weighted by atomic mass is 9.97. The second-order valence-electron chi connectivity index (χ2n) is 8.79. The van der Waals surface area contributed by atoms with Crippen LogP contribution < -0.4 is 33.8 Å². The lowest BCUT2D eigenvalue weighted by Gasteiger charge is -2.23. The molecule has 0 aliphatic carbocycles. The van der Waals surface area contributed by atoms with Gasteiger partial charge in [0.25, 0.3) is 5.56 Å². The minimum Gasteiger partial charge on any atom is -0.493 e. The highest BCUT2D eigenvalue weighted by atomic mass is 32.1. The van der Waals surface area contributed by atoms with Crippen LogP contribution in [0.25, 0.3) is 6.08 Å². The Kier molecular flexibility index (Phi) is 8.75. The summed E-state index contributed by atoms with van der Waals surface area (Å²) in [4.78, 5) is 31.6. The van der Waals surface area contributed by atoms with Gasteiger partial charge in [0.15, 0.2) is 27.8 Å². The molecule has 4 rings (SSSR count). The Hall–Kier alpha value is -4.05. The molecular formula is C29H32N2O7S. The molecule has 0 amide bonds. The topological polar surface area (TPSA) is 97.6 Å². The van der Waals surface area contributed by atoms with Crippen LogP contribution in [0.1, 0.15) is 44.9 Å². The zero-order chi connectivity index (χ0) is 28.1. The fourth-order valence-corrected chi connectivity index (χ4v) is 5.26. The normalized spacial score (nSPS) is 14.8. The van der Waals surface area contributed by atoms with Gasteiger partial charge in [-0.25, -0.2) is 9.79 Å². The highest BCUT2D eigenvalue weighted by Gasteiger charge is 2.31. The number of hydrogen-bond acceptors (Lipinski definition) is 9. The maximum Gasteiger partial charge on any atom is 0.337 e. The second kappa shape index (κ2) is 12.2. The molecule has 1 aliphatic rings. The SMILES string of the molecule is CCOc1ccc([C@@H]2C(C(=O)OC)=CN=c3s/c(=C/c4cccc(OC)c4OC(C)C)c(=O)n32)cc1OCC. The molecule has 9 nitrogen and oxygen atoms in total. The van der Waals surface area contributed by atoms with Gasteiger partial charge in [-0.3, -0.25) is 9.36 Å². The maximum absolute atomic E-state index is 13.9. The molecule has 1 aliphatic heterocycles. The van der Waals surface area contributed by atoms with E-state index in [4.69, 9.17) is 23.7 Å². The Morgan fingerprint density at radius 3 is 2.49 bits per heavy atom. The first-order valence-electron chi connectivity index (χ1n) is 12.6. The zero-order valence-electron chi connectivity index (χ0n) is 22.8. The Morgan fingerprint density at radius 1 is 1.08 bits per heavy atom. The largest absolute Gasteiger partial charge is 0.493 e. The third kappa shape index (κ3) is 5.70. The number of thiazole rings is 1. The molecule has 2 aromatic carbocycles. The van der Waals surface area contributed by atoms with Crippen molar-refractivity contribution in [1.82, 2.24) is 4.57 Å². The van der Waals surface area contributed by atoms with Crippen LogP contribution in [-0.4, -0.2) is 44.1 Å². The molecule has 0 unspecified atom stereocenters. The predicted octanol–water partition coefficient (Wildman–Crippen LogP) is 3.61. The number of nitrogens with zero attached hydrogens (tertiary/aromatic N) is 2.